The average Bonchev–Trinajstić information content (AvgIpc) is 2.54. The van der Waals surface area contributed by atoms with Crippen molar-refractivity contribution in [3.8, 4) is 0 Å². The van der Waals surface area contributed by atoms with E-state index < -0.39 is 21.9 Å². The Morgan fingerprint density at radius 3 is 2.44 bits per heavy atom. The number of piperidine rings is 1. The summed E-state index contributed by atoms with van der Waals surface area (Å²) in [4.78, 5) is 25.4. The van der Waals surface area contributed by atoms with E-state index in [1.165, 1.54) is 12.1 Å². The fraction of sp³-hybridized carbons (Fsp3) is 0.529. The van der Waals surface area contributed by atoms with Gasteiger partial charge in [-0.15, -0.1) is 0 Å². The van der Waals surface area contributed by atoms with Crippen molar-refractivity contribution >= 4 is 21.9 Å². The Morgan fingerprint density at radius 2 is 1.92 bits per heavy atom. The van der Waals surface area contributed by atoms with Gasteiger partial charge in [0.05, 0.1) is 17.2 Å². The Hall–Kier alpha value is -1.93. The molecule has 0 bridgehead atoms. The minimum Gasteiger partial charge on any atom is -0.481 e. The smallest absolute Gasteiger partial charge is 0.306 e. The molecule has 0 radical (unpaired) electrons. The highest BCUT2D eigenvalue weighted by atomic mass is 32.2. The first-order valence-corrected chi connectivity index (χ1v) is 9.82. The van der Waals surface area contributed by atoms with Crippen molar-refractivity contribution in [2.24, 2.45) is 11.8 Å². The van der Waals surface area contributed by atoms with Gasteiger partial charge in [-0.2, -0.15) is 0 Å². The van der Waals surface area contributed by atoms with Gasteiger partial charge in [-0.25, -0.2) is 13.1 Å². The van der Waals surface area contributed by atoms with E-state index in [0.29, 0.717) is 26.1 Å². The Morgan fingerprint density at radius 1 is 1.28 bits per heavy atom. The Bertz CT molecular complexity index is 730. The third kappa shape index (κ3) is 4.79. The van der Waals surface area contributed by atoms with Gasteiger partial charge < -0.3 is 10.0 Å². The molecule has 2 rings (SSSR count). The van der Waals surface area contributed by atoms with Gasteiger partial charge >= 0.3 is 5.97 Å². The fourth-order valence-corrected chi connectivity index (χ4v) is 4.13. The summed E-state index contributed by atoms with van der Waals surface area (Å²) in [6.07, 6.45) is 0.633. The lowest BCUT2D eigenvalue weighted by Gasteiger charge is -2.35. The van der Waals surface area contributed by atoms with Crippen LogP contribution in [0.25, 0.3) is 0 Å². The summed E-state index contributed by atoms with van der Waals surface area (Å²) in [6, 6.07) is 6.24. The van der Waals surface area contributed by atoms with Crippen LogP contribution in [0.4, 0.5) is 0 Å². The molecule has 1 amide bonds. The SMILES string of the molecule is CCNS(=O)(=O)c1ccc(CC(=O)N2CCC(C(=O)O)C(C)C2)cc1. The molecule has 1 aliphatic heterocycles. The maximum atomic E-state index is 12.4. The summed E-state index contributed by atoms with van der Waals surface area (Å²) in [5.74, 6) is -1.36. The Labute approximate surface area is 148 Å². The standard InChI is InChI=1S/C17H24N2O5S/c1-3-18-25(23,24)14-6-4-13(5-7-14)10-16(20)19-9-8-15(17(21)22)12(2)11-19/h4-7,12,15,18H,3,8-11H2,1-2H3,(H,21,22). The molecule has 1 aliphatic rings. The number of carboxylic acids is 1. The van der Waals surface area contributed by atoms with Gasteiger partial charge in [0, 0.05) is 19.6 Å². The maximum absolute atomic E-state index is 12.4. The number of aliphatic carboxylic acids is 1. The molecule has 2 unspecified atom stereocenters. The van der Waals surface area contributed by atoms with Gasteiger partial charge in [0.2, 0.25) is 15.9 Å². The van der Waals surface area contributed by atoms with Gasteiger partial charge in [-0.3, -0.25) is 9.59 Å². The van der Waals surface area contributed by atoms with Gasteiger partial charge in [0.1, 0.15) is 0 Å². The van der Waals surface area contributed by atoms with Crippen molar-refractivity contribution in [2.45, 2.75) is 31.6 Å². The van der Waals surface area contributed by atoms with E-state index in [1.54, 1.807) is 24.0 Å². The number of carbonyl (C=O) groups is 2. The molecule has 1 aromatic carbocycles. The summed E-state index contributed by atoms with van der Waals surface area (Å²) >= 11 is 0. The second-order valence-corrected chi connectivity index (χ2v) is 8.14. The summed E-state index contributed by atoms with van der Waals surface area (Å²) in [6.45, 7) is 4.74. The molecule has 2 N–H and O–H groups in total. The number of amides is 1. The topological polar surface area (TPSA) is 104 Å². The Kier molecular flexibility index (Phi) is 6.18. The van der Waals surface area contributed by atoms with Crippen LogP contribution < -0.4 is 4.72 Å². The number of carbonyl (C=O) groups excluding carboxylic acids is 1. The van der Waals surface area contributed by atoms with Crippen LogP contribution in [0.1, 0.15) is 25.8 Å². The summed E-state index contributed by atoms with van der Waals surface area (Å²) in [7, 11) is -3.50. The number of benzene rings is 1. The highest BCUT2D eigenvalue weighted by Gasteiger charge is 2.32. The monoisotopic (exact) mass is 368 g/mol. The molecule has 0 aliphatic carbocycles. The van der Waals surface area contributed by atoms with Crippen LogP contribution >= 0.6 is 0 Å². The first kappa shape index (κ1) is 19.4. The largest absolute Gasteiger partial charge is 0.481 e. The number of hydrogen-bond donors (Lipinski definition) is 2. The van der Waals surface area contributed by atoms with E-state index in [4.69, 9.17) is 5.11 Å². The summed E-state index contributed by atoms with van der Waals surface area (Å²) < 4.78 is 26.2. The lowest BCUT2D eigenvalue weighted by Crippen LogP contribution is -2.45. The second-order valence-electron chi connectivity index (χ2n) is 6.37. The molecule has 0 spiro atoms. The molecule has 8 heteroatoms. The lowest BCUT2D eigenvalue weighted by atomic mass is 9.87. The third-order valence-corrected chi connectivity index (χ3v) is 6.06. The second kappa shape index (κ2) is 7.97. The highest BCUT2D eigenvalue weighted by molar-refractivity contribution is 7.89. The van der Waals surface area contributed by atoms with E-state index in [1.807, 2.05) is 6.92 Å². The van der Waals surface area contributed by atoms with Gasteiger partial charge in [-0.1, -0.05) is 26.0 Å². The van der Waals surface area contributed by atoms with E-state index >= 15 is 0 Å². The van der Waals surface area contributed by atoms with E-state index in [9.17, 15) is 18.0 Å². The molecule has 2 atom stereocenters. The molecule has 0 aromatic heterocycles. The Balaban J connectivity index is 1.98. The third-order valence-electron chi connectivity index (χ3n) is 4.50. The lowest BCUT2D eigenvalue weighted by molar-refractivity contribution is -0.148. The van der Waals surface area contributed by atoms with Crippen LogP contribution in [0.2, 0.25) is 0 Å². The molecular formula is C17H24N2O5S. The van der Waals surface area contributed by atoms with E-state index in [-0.39, 0.29) is 23.1 Å². The number of nitrogens with one attached hydrogen (secondary N) is 1. The van der Waals surface area contributed by atoms with E-state index in [2.05, 4.69) is 4.72 Å². The summed E-state index contributed by atoms with van der Waals surface area (Å²) in [5.41, 5.74) is 0.730. The van der Waals surface area contributed by atoms with Crippen LogP contribution in [0, 0.1) is 11.8 Å². The van der Waals surface area contributed by atoms with Crippen molar-refractivity contribution < 1.29 is 23.1 Å². The number of rotatable bonds is 6. The zero-order chi connectivity index (χ0) is 18.6. The number of hydrogen-bond acceptors (Lipinski definition) is 4. The molecule has 1 fully saturated rings. The van der Waals surface area contributed by atoms with Crippen LogP contribution in [-0.2, 0) is 26.0 Å². The quantitative estimate of drug-likeness (QED) is 0.782. The number of sulfonamides is 1. The van der Waals surface area contributed by atoms with Crippen molar-refractivity contribution in [1.82, 2.24) is 9.62 Å². The van der Waals surface area contributed by atoms with Crippen molar-refractivity contribution in [2.75, 3.05) is 19.6 Å². The zero-order valence-electron chi connectivity index (χ0n) is 14.4. The molecule has 0 saturated carbocycles. The number of likely N-dealkylation sites (tertiary alicyclic amines) is 1. The van der Waals surface area contributed by atoms with Crippen LogP contribution in [0.5, 0.6) is 0 Å². The molecule has 1 aromatic rings. The molecule has 25 heavy (non-hydrogen) atoms. The van der Waals surface area contributed by atoms with E-state index in [0.717, 1.165) is 5.56 Å². The summed E-state index contributed by atoms with van der Waals surface area (Å²) in [5, 5.41) is 9.14. The minimum absolute atomic E-state index is 0.0713. The molecule has 1 saturated heterocycles. The molecule has 7 nitrogen and oxygen atoms in total. The predicted molar refractivity (Wildman–Crippen MR) is 92.5 cm³/mol. The van der Waals surface area contributed by atoms with Crippen LogP contribution in [0.15, 0.2) is 29.2 Å². The average molecular weight is 368 g/mol. The predicted octanol–water partition coefficient (Wildman–Crippen LogP) is 1.10. The van der Waals surface area contributed by atoms with Crippen molar-refractivity contribution in [3.63, 3.8) is 0 Å². The zero-order valence-corrected chi connectivity index (χ0v) is 15.3. The fourth-order valence-electron chi connectivity index (χ4n) is 3.09. The number of nitrogens with zero attached hydrogens (tertiary/aromatic N) is 1. The number of carboxylic acid groups (broad SMARTS) is 1. The van der Waals surface area contributed by atoms with Crippen molar-refractivity contribution in [3.05, 3.63) is 29.8 Å². The first-order valence-electron chi connectivity index (χ1n) is 8.33. The minimum atomic E-state index is -3.50. The maximum Gasteiger partial charge on any atom is 0.306 e. The van der Waals surface area contributed by atoms with Gasteiger partial charge in [0.15, 0.2) is 0 Å². The molecule has 138 valence electrons. The van der Waals surface area contributed by atoms with Crippen molar-refractivity contribution in [1.29, 1.82) is 0 Å². The van der Waals surface area contributed by atoms with Crippen LogP contribution in [0.3, 0.4) is 0 Å². The normalized spacial score (nSPS) is 21.1. The van der Waals surface area contributed by atoms with Gasteiger partial charge in [0.25, 0.3) is 0 Å². The first-order chi connectivity index (χ1) is 11.7. The molecular weight excluding hydrogens is 344 g/mol. The van der Waals surface area contributed by atoms with Gasteiger partial charge in [-0.05, 0) is 30.0 Å². The van der Waals surface area contributed by atoms with Crippen LogP contribution in [-0.4, -0.2) is 49.9 Å². The molecule has 1 heterocycles. The highest BCUT2D eigenvalue weighted by Crippen LogP contribution is 2.24.